The molecule has 0 unspecified atom stereocenters. The van der Waals surface area contributed by atoms with Gasteiger partial charge in [0, 0.05) is 23.0 Å². The highest BCUT2D eigenvalue weighted by Gasteiger charge is 2.21. The standard InChI is InChI=1S/C23H23FN2O3/c1-4-20-21(15(3)27)14(2)25-22(20)23(28)26-18-9-5-7-16(11-18)13-29-19-10-6-8-17(24)12-19/h5-12,25H,4,13H2,1-3H3,(H,26,28). The Balaban J connectivity index is 1.74. The van der Waals surface area contributed by atoms with Crippen LogP contribution < -0.4 is 10.1 Å². The third-order valence-electron chi connectivity index (χ3n) is 4.61. The summed E-state index contributed by atoms with van der Waals surface area (Å²) in [6.45, 7) is 5.44. The molecule has 0 saturated carbocycles. The highest BCUT2D eigenvalue weighted by Crippen LogP contribution is 2.22. The molecule has 0 radical (unpaired) electrons. The van der Waals surface area contributed by atoms with E-state index < -0.39 is 0 Å². The number of benzene rings is 2. The van der Waals surface area contributed by atoms with E-state index in [1.165, 1.54) is 19.1 Å². The maximum absolute atomic E-state index is 13.3. The quantitative estimate of drug-likeness (QED) is 0.550. The van der Waals surface area contributed by atoms with Crippen LogP contribution in [0.4, 0.5) is 10.1 Å². The van der Waals surface area contributed by atoms with Crippen LogP contribution in [0.15, 0.2) is 48.5 Å². The lowest BCUT2D eigenvalue weighted by Gasteiger charge is -2.10. The summed E-state index contributed by atoms with van der Waals surface area (Å²) in [5, 5.41) is 2.86. The van der Waals surface area contributed by atoms with Gasteiger partial charge in [0.1, 0.15) is 23.9 Å². The first-order valence-electron chi connectivity index (χ1n) is 9.40. The first-order valence-corrected chi connectivity index (χ1v) is 9.40. The van der Waals surface area contributed by atoms with Gasteiger partial charge >= 0.3 is 0 Å². The van der Waals surface area contributed by atoms with Gasteiger partial charge in [-0.25, -0.2) is 4.39 Å². The van der Waals surface area contributed by atoms with E-state index in [1.54, 1.807) is 31.2 Å². The molecule has 1 aromatic heterocycles. The predicted octanol–water partition coefficient (Wildman–Crippen LogP) is 5.06. The third-order valence-corrected chi connectivity index (χ3v) is 4.61. The maximum Gasteiger partial charge on any atom is 0.272 e. The number of aromatic amines is 1. The first kappa shape index (κ1) is 20.3. The van der Waals surface area contributed by atoms with Crippen molar-refractivity contribution >= 4 is 17.4 Å². The molecule has 0 aliphatic heterocycles. The number of hydrogen-bond donors (Lipinski definition) is 2. The van der Waals surface area contributed by atoms with E-state index in [2.05, 4.69) is 10.3 Å². The van der Waals surface area contributed by atoms with Crippen LogP contribution in [-0.4, -0.2) is 16.7 Å². The molecule has 2 N–H and O–H groups in total. The zero-order valence-corrected chi connectivity index (χ0v) is 16.6. The molecular weight excluding hydrogens is 371 g/mol. The number of aryl methyl sites for hydroxylation is 1. The maximum atomic E-state index is 13.3. The topological polar surface area (TPSA) is 71.2 Å². The van der Waals surface area contributed by atoms with Crippen molar-refractivity contribution < 1.29 is 18.7 Å². The van der Waals surface area contributed by atoms with Gasteiger partial charge in [0.15, 0.2) is 5.78 Å². The molecule has 0 atom stereocenters. The van der Waals surface area contributed by atoms with E-state index in [1.807, 2.05) is 19.1 Å². The van der Waals surface area contributed by atoms with Crippen LogP contribution in [0.2, 0.25) is 0 Å². The number of carbonyl (C=O) groups excluding carboxylic acids is 2. The zero-order valence-electron chi connectivity index (χ0n) is 16.6. The van der Waals surface area contributed by atoms with Crippen molar-refractivity contribution in [1.29, 1.82) is 0 Å². The van der Waals surface area contributed by atoms with Gasteiger partial charge in [0.25, 0.3) is 5.91 Å². The van der Waals surface area contributed by atoms with Crippen LogP contribution in [0, 0.1) is 12.7 Å². The van der Waals surface area contributed by atoms with Crippen LogP contribution in [0.3, 0.4) is 0 Å². The Labute approximate surface area is 168 Å². The van der Waals surface area contributed by atoms with Crippen molar-refractivity contribution in [2.45, 2.75) is 33.8 Å². The van der Waals surface area contributed by atoms with Gasteiger partial charge in [0.2, 0.25) is 0 Å². The molecule has 150 valence electrons. The Bertz CT molecular complexity index is 1060. The average molecular weight is 394 g/mol. The van der Waals surface area contributed by atoms with E-state index >= 15 is 0 Å². The summed E-state index contributed by atoms with van der Waals surface area (Å²) in [5.74, 6) is -0.293. The van der Waals surface area contributed by atoms with E-state index in [0.29, 0.717) is 34.8 Å². The average Bonchev–Trinajstić information content (AvgIpc) is 3.03. The van der Waals surface area contributed by atoms with Gasteiger partial charge in [-0.2, -0.15) is 0 Å². The molecule has 1 amide bonds. The number of rotatable bonds is 7. The van der Waals surface area contributed by atoms with Gasteiger partial charge in [-0.05, 0) is 55.7 Å². The lowest BCUT2D eigenvalue weighted by molar-refractivity contribution is 0.101. The second kappa shape index (κ2) is 8.73. The van der Waals surface area contributed by atoms with Crippen LogP contribution in [0.1, 0.15) is 51.5 Å². The molecule has 5 nitrogen and oxygen atoms in total. The van der Waals surface area contributed by atoms with E-state index in [9.17, 15) is 14.0 Å². The zero-order chi connectivity index (χ0) is 21.0. The summed E-state index contributed by atoms with van der Waals surface area (Å²) >= 11 is 0. The molecule has 29 heavy (non-hydrogen) atoms. The van der Waals surface area contributed by atoms with E-state index in [4.69, 9.17) is 4.74 Å². The number of hydrogen-bond acceptors (Lipinski definition) is 3. The van der Waals surface area contributed by atoms with Crippen molar-refractivity contribution in [2.24, 2.45) is 0 Å². The fraction of sp³-hybridized carbons (Fsp3) is 0.217. The van der Waals surface area contributed by atoms with Crippen molar-refractivity contribution in [2.75, 3.05) is 5.32 Å². The van der Waals surface area contributed by atoms with E-state index in [-0.39, 0.29) is 24.1 Å². The summed E-state index contributed by atoms with van der Waals surface area (Å²) in [4.78, 5) is 27.7. The summed E-state index contributed by atoms with van der Waals surface area (Å²) < 4.78 is 18.9. The molecule has 0 saturated heterocycles. The van der Waals surface area contributed by atoms with Gasteiger partial charge < -0.3 is 15.0 Å². The fourth-order valence-electron chi connectivity index (χ4n) is 3.36. The Morgan fingerprint density at radius 2 is 1.90 bits per heavy atom. The second-order valence-corrected chi connectivity index (χ2v) is 6.79. The van der Waals surface area contributed by atoms with Crippen LogP contribution in [0.5, 0.6) is 5.75 Å². The lowest BCUT2D eigenvalue weighted by atomic mass is 10.0. The Morgan fingerprint density at radius 3 is 2.59 bits per heavy atom. The minimum Gasteiger partial charge on any atom is -0.489 e. The molecule has 0 bridgehead atoms. The highest BCUT2D eigenvalue weighted by molar-refractivity contribution is 6.07. The van der Waals surface area contributed by atoms with Crippen molar-refractivity contribution in [3.05, 3.63) is 82.4 Å². The van der Waals surface area contributed by atoms with Crippen molar-refractivity contribution in [3.63, 3.8) is 0 Å². The molecule has 0 aliphatic rings. The summed E-state index contributed by atoms with van der Waals surface area (Å²) in [5.41, 5.74) is 3.82. The Morgan fingerprint density at radius 1 is 1.14 bits per heavy atom. The molecule has 3 aromatic rings. The van der Waals surface area contributed by atoms with Gasteiger partial charge in [0.05, 0.1) is 0 Å². The highest BCUT2D eigenvalue weighted by atomic mass is 19.1. The molecule has 2 aromatic carbocycles. The Hall–Kier alpha value is -3.41. The number of anilines is 1. The Kier molecular flexibility index (Phi) is 6.12. The number of ketones is 1. The lowest BCUT2D eigenvalue weighted by Crippen LogP contribution is -2.15. The van der Waals surface area contributed by atoms with Crippen molar-refractivity contribution in [3.8, 4) is 5.75 Å². The predicted molar refractivity (Wildman–Crippen MR) is 110 cm³/mol. The SMILES string of the molecule is CCc1c(C(=O)Nc2cccc(COc3cccc(F)c3)c2)[nH]c(C)c1C(C)=O. The molecule has 0 fully saturated rings. The summed E-state index contributed by atoms with van der Waals surface area (Å²) in [7, 11) is 0. The molecule has 3 rings (SSSR count). The smallest absolute Gasteiger partial charge is 0.272 e. The number of halogens is 1. The van der Waals surface area contributed by atoms with Crippen LogP contribution in [0.25, 0.3) is 0 Å². The largest absolute Gasteiger partial charge is 0.489 e. The minimum atomic E-state index is -0.360. The number of carbonyl (C=O) groups is 2. The monoisotopic (exact) mass is 394 g/mol. The van der Waals surface area contributed by atoms with Gasteiger partial charge in [-0.1, -0.05) is 25.1 Å². The molecule has 0 spiro atoms. The number of nitrogens with one attached hydrogen (secondary N) is 2. The molecule has 6 heteroatoms. The van der Waals surface area contributed by atoms with E-state index in [0.717, 1.165) is 11.1 Å². The molecular formula is C23H23FN2O3. The molecule has 1 heterocycles. The fourth-order valence-corrected chi connectivity index (χ4v) is 3.36. The number of H-pyrrole nitrogens is 1. The minimum absolute atomic E-state index is 0.0638. The summed E-state index contributed by atoms with van der Waals surface area (Å²) in [6, 6.07) is 13.2. The number of Topliss-reactive ketones (excluding diaryl/α,β-unsaturated/α-hetero) is 1. The number of amides is 1. The summed E-state index contributed by atoms with van der Waals surface area (Å²) in [6.07, 6.45) is 0.573. The number of ether oxygens (including phenoxy) is 1. The van der Waals surface area contributed by atoms with Crippen LogP contribution in [-0.2, 0) is 13.0 Å². The van der Waals surface area contributed by atoms with Crippen molar-refractivity contribution in [1.82, 2.24) is 4.98 Å². The normalized spacial score (nSPS) is 10.6. The number of aromatic nitrogens is 1. The van der Waals surface area contributed by atoms with Crippen LogP contribution >= 0.6 is 0 Å². The third kappa shape index (κ3) is 4.71. The molecule has 0 aliphatic carbocycles. The van der Waals surface area contributed by atoms with Gasteiger partial charge in [-0.3, -0.25) is 9.59 Å². The second-order valence-electron chi connectivity index (χ2n) is 6.79. The van der Waals surface area contributed by atoms with Gasteiger partial charge in [-0.15, -0.1) is 0 Å². The first-order chi connectivity index (χ1) is 13.9.